The van der Waals surface area contributed by atoms with Crippen LogP contribution in [0.4, 0.5) is 19.6 Å². The first kappa shape index (κ1) is 13.9. The molecule has 4 nitrogen and oxygen atoms in total. The van der Waals surface area contributed by atoms with E-state index in [9.17, 15) is 13.6 Å². The summed E-state index contributed by atoms with van der Waals surface area (Å²) in [4.78, 5) is 17.5. The molecule has 0 spiro atoms. The molecule has 3 rings (SSSR count). The lowest BCUT2D eigenvalue weighted by atomic mass is 10.1. The largest absolute Gasteiger partial charge is 0.383 e. The Hall–Kier alpha value is -2.02. The van der Waals surface area contributed by atoms with E-state index in [1.807, 2.05) is 0 Å². The van der Waals surface area contributed by atoms with Crippen molar-refractivity contribution in [3.05, 3.63) is 39.9 Å². The minimum absolute atomic E-state index is 0.0700. The maximum absolute atomic E-state index is 13.6. The Balaban J connectivity index is 1.81. The molecule has 21 heavy (non-hydrogen) atoms. The molecule has 1 aliphatic carbocycles. The van der Waals surface area contributed by atoms with E-state index < -0.39 is 17.5 Å². The Bertz CT molecular complexity index is 670. The van der Waals surface area contributed by atoms with Crippen LogP contribution in [0.15, 0.2) is 12.1 Å². The number of rotatable bonds is 3. The molecule has 2 aromatic rings. The maximum atomic E-state index is 13.6. The summed E-state index contributed by atoms with van der Waals surface area (Å²) < 4.78 is 27.3. The number of halogens is 2. The number of nitrogens with one attached hydrogen (secondary N) is 2. The lowest BCUT2D eigenvalue weighted by Crippen LogP contribution is -2.13. The average Bonchev–Trinajstić information content (AvgIpc) is 2.99. The zero-order valence-electron chi connectivity index (χ0n) is 11.3. The molecule has 0 saturated heterocycles. The van der Waals surface area contributed by atoms with Crippen LogP contribution in [0, 0.1) is 11.6 Å². The summed E-state index contributed by atoms with van der Waals surface area (Å²) in [7, 11) is 1.42. The van der Waals surface area contributed by atoms with Crippen molar-refractivity contribution in [2.45, 2.75) is 19.3 Å². The first-order valence-electron chi connectivity index (χ1n) is 6.55. The molecule has 1 aromatic heterocycles. The minimum Gasteiger partial charge on any atom is -0.383 e. The summed E-state index contributed by atoms with van der Waals surface area (Å²) in [5.74, 6) is -2.17. The van der Waals surface area contributed by atoms with E-state index in [1.54, 1.807) is 0 Å². The molecule has 7 heteroatoms. The highest BCUT2D eigenvalue weighted by atomic mass is 32.1. The van der Waals surface area contributed by atoms with Crippen LogP contribution >= 0.6 is 11.3 Å². The van der Waals surface area contributed by atoms with Gasteiger partial charge in [-0.3, -0.25) is 10.1 Å². The fourth-order valence-corrected chi connectivity index (χ4v) is 3.40. The third-order valence-corrected chi connectivity index (χ3v) is 4.44. The van der Waals surface area contributed by atoms with Gasteiger partial charge in [-0.2, -0.15) is 0 Å². The Morgan fingerprint density at radius 1 is 1.29 bits per heavy atom. The normalized spacial score (nSPS) is 13.1. The van der Waals surface area contributed by atoms with Gasteiger partial charge in [0.1, 0.15) is 17.3 Å². The number of nitrogens with zero attached hydrogens (tertiary/aromatic N) is 1. The van der Waals surface area contributed by atoms with Crippen LogP contribution in [0.2, 0.25) is 0 Å². The van der Waals surface area contributed by atoms with Crippen LogP contribution in [-0.2, 0) is 12.8 Å². The van der Waals surface area contributed by atoms with Gasteiger partial charge in [-0.15, -0.1) is 11.3 Å². The maximum Gasteiger partial charge on any atom is 0.257 e. The summed E-state index contributed by atoms with van der Waals surface area (Å²) in [6.07, 6.45) is 2.98. The standard InChI is InChI=1S/C14H13F2N3OS/c1-17-12-8(15)5-7(6-9(12)16)13(20)19-14-18-10-3-2-4-11(10)21-14/h5-6,17H,2-4H2,1H3,(H,18,19,20). The number of thiazole rings is 1. The van der Waals surface area contributed by atoms with Crippen LogP contribution in [0.1, 0.15) is 27.3 Å². The number of carbonyl (C=O) groups is 1. The Kier molecular flexibility index (Phi) is 3.59. The number of fused-ring (bicyclic) bond motifs is 1. The van der Waals surface area contributed by atoms with Gasteiger partial charge in [0.2, 0.25) is 0 Å². The fourth-order valence-electron chi connectivity index (χ4n) is 2.36. The van der Waals surface area contributed by atoms with Gasteiger partial charge >= 0.3 is 0 Å². The third kappa shape index (κ3) is 2.61. The van der Waals surface area contributed by atoms with Crippen LogP contribution in [0.5, 0.6) is 0 Å². The van der Waals surface area contributed by atoms with E-state index in [-0.39, 0.29) is 11.3 Å². The average molecular weight is 309 g/mol. The molecular formula is C14H13F2N3OS. The van der Waals surface area contributed by atoms with E-state index in [0.717, 1.165) is 37.1 Å². The second-order valence-electron chi connectivity index (χ2n) is 4.76. The van der Waals surface area contributed by atoms with Gasteiger partial charge in [0.15, 0.2) is 5.13 Å². The van der Waals surface area contributed by atoms with Gasteiger partial charge < -0.3 is 5.32 Å². The third-order valence-electron chi connectivity index (χ3n) is 3.37. The lowest BCUT2D eigenvalue weighted by Gasteiger charge is -2.07. The summed E-state index contributed by atoms with van der Waals surface area (Å²) >= 11 is 1.42. The zero-order chi connectivity index (χ0) is 15.0. The van der Waals surface area contributed by atoms with Gasteiger partial charge in [-0.05, 0) is 31.4 Å². The molecule has 2 N–H and O–H groups in total. The number of aromatic nitrogens is 1. The SMILES string of the molecule is CNc1c(F)cc(C(=O)Nc2nc3c(s2)CCC3)cc1F. The van der Waals surface area contributed by atoms with Crippen molar-refractivity contribution in [3.8, 4) is 0 Å². The summed E-state index contributed by atoms with van der Waals surface area (Å²) in [6, 6.07) is 2.01. The number of anilines is 2. The zero-order valence-corrected chi connectivity index (χ0v) is 12.1. The Morgan fingerprint density at radius 2 is 2.00 bits per heavy atom. The highest BCUT2D eigenvalue weighted by Gasteiger charge is 2.19. The fraction of sp³-hybridized carbons (Fsp3) is 0.286. The van der Waals surface area contributed by atoms with Crippen LogP contribution in [-0.4, -0.2) is 17.9 Å². The number of benzene rings is 1. The molecule has 0 radical (unpaired) electrons. The second kappa shape index (κ2) is 5.40. The van der Waals surface area contributed by atoms with Crippen molar-refractivity contribution in [1.29, 1.82) is 0 Å². The predicted octanol–water partition coefficient (Wildman–Crippen LogP) is 3.20. The number of aryl methyl sites for hydroxylation is 2. The van der Waals surface area contributed by atoms with E-state index in [1.165, 1.54) is 23.3 Å². The predicted molar refractivity (Wildman–Crippen MR) is 78.0 cm³/mol. The van der Waals surface area contributed by atoms with E-state index in [4.69, 9.17) is 0 Å². The highest BCUT2D eigenvalue weighted by molar-refractivity contribution is 7.15. The van der Waals surface area contributed by atoms with Crippen molar-refractivity contribution in [1.82, 2.24) is 4.98 Å². The monoisotopic (exact) mass is 309 g/mol. The van der Waals surface area contributed by atoms with Crippen molar-refractivity contribution >= 4 is 28.1 Å². The molecule has 0 fully saturated rings. The number of carbonyl (C=O) groups excluding carboxylic acids is 1. The molecule has 0 bridgehead atoms. The highest BCUT2D eigenvalue weighted by Crippen LogP contribution is 2.30. The molecular weight excluding hydrogens is 296 g/mol. The van der Waals surface area contributed by atoms with E-state index >= 15 is 0 Å². The van der Waals surface area contributed by atoms with Gasteiger partial charge in [0.05, 0.1) is 5.69 Å². The molecule has 1 aliphatic rings. The number of amides is 1. The first-order chi connectivity index (χ1) is 10.1. The molecule has 0 saturated carbocycles. The molecule has 0 aliphatic heterocycles. The van der Waals surface area contributed by atoms with Crippen LogP contribution < -0.4 is 10.6 Å². The molecule has 1 aromatic carbocycles. The minimum atomic E-state index is -0.802. The van der Waals surface area contributed by atoms with Crippen molar-refractivity contribution in [2.75, 3.05) is 17.7 Å². The first-order valence-corrected chi connectivity index (χ1v) is 7.37. The van der Waals surface area contributed by atoms with Crippen molar-refractivity contribution in [2.24, 2.45) is 0 Å². The summed E-state index contributed by atoms with van der Waals surface area (Å²) in [5, 5.41) is 5.48. The second-order valence-corrected chi connectivity index (χ2v) is 5.85. The van der Waals surface area contributed by atoms with Gasteiger partial charge in [-0.25, -0.2) is 13.8 Å². The summed E-state index contributed by atoms with van der Waals surface area (Å²) in [6.45, 7) is 0. The van der Waals surface area contributed by atoms with E-state index in [2.05, 4.69) is 15.6 Å². The smallest absolute Gasteiger partial charge is 0.257 e. The van der Waals surface area contributed by atoms with Crippen molar-refractivity contribution in [3.63, 3.8) is 0 Å². The number of hydrogen-bond acceptors (Lipinski definition) is 4. The summed E-state index contributed by atoms with van der Waals surface area (Å²) in [5.41, 5.74) is 0.692. The Labute approximate surface area is 124 Å². The molecule has 110 valence electrons. The molecule has 1 amide bonds. The van der Waals surface area contributed by atoms with Crippen LogP contribution in [0.25, 0.3) is 0 Å². The Morgan fingerprint density at radius 3 is 2.62 bits per heavy atom. The van der Waals surface area contributed by atoms with Gasteiger partial charge in [0.25, 0.3) is 5.91 Å². The lowest BCUT2D eigenvalue weighted by molar-refractivity contribution is 0.102. The molecule has 0 unspecified atom stereocenters. The van der Waals surface area contributed by atoms with E-state index in [0.29, 0.717) is 5.13 Å². The van der Waals surface area contributed by atoms with Crippen molar-refractivity contribution < 1.29 is 13.6 Å². The van der Waals surface area contributed by atoms with Crippen LogP contribution in [0.3, 0.4) is 0 Å². The topological polar surface area (TPSA) is 54.0 Å². The number of hydrogen-bond donors (Lipinski definition) is 2. The molecule has 1 heterocycles. The van der Waals surface area contributed by atoms with Gasteiger partial charge in [0, 0.05) is 17.5 Å². The molecule has 0 atom stereocenters. The van der Waals surface area contributed by atoms with Gasteiger partial charge in [-0.1, -0.05) is 0 Å². The quantitative estimate of drug-likeness (QED) is 0.915.